The number of nitrogens with one attached hydrogen (secondary N) is 1. The van der Waals surface area contributed by atoms with Crippen LogP contribution in [0.3, 0.4) is 0 Å². The molecule has 0 aromatic heterocycles. The van der Waals surface area contributed by atoms with Crippen LogP contribution in [0.25, 0.3) is 0 Å². The highest BCUT2D eigenvalue weighted by atomic mass is 16.6. The largest absolute Gasteiger partial charge is 0.392 e. The van der Waals surface area contributed by atoms with Gasteiger partial charge in [0, 0.05) is 6.42 Å². The van der Waals surface area contributed by atoms with Crippen LogP contribution in [0.2, 0.25) is 0 Å². The second kappa shape index (κ2) is 3.88. The van der Waals surface area contributed by atoms with Gasteiger partial charge in [-0.3, -0.25) is 10.1 Å². The smallest absolute Gasteiger partial charge is 0.330 e. The number of carbonyl (C=O) groups excluding carboxylic acids is 2. The fraction of sp³-hybridized carbons (Fsp3) is 0.500. The van der Waals surface area contributed by atoms with Crippen molar-refractivity contribution in [3.05, 3.63) is 0 Å². The molecule has 1 atom stereocenters. The predicted octanol–water partition coefficient (Wildman–Crippen LogP) is -0.559. The minimum Gasteiger partial charge on any atom is -0.392 e. The first-order valence-corrected chi connectivity index (χ1v) is 3.65. The molecule has 0 saturated carbocycles. The number of ether oxygens (including phenoxy) is 1. The molecule has 0 radical (unpaired) electrons. The number of carbonyl (C=O) groups is 2. The van der Waals surface area contributed by atoms with E-state index in [1.165, 1.54) is 0 Å². The maximum absolute atomic E-state index is 10.9. The number of esters is 2. The predicted molar refractivity (Wildman–Crippen MR) is 41.0 cm³/mol. The van der Waals surface area contributed by atoms with Crippen molar-refractivity contribution in [1.82, 2.24) is 5.32 Å². The van der Waals surface area contributed by atoms with Crippen molar-refractivity contribution in [2.45, 2.75) is 18.9 Å². The molecule has 1 rings (SSSR count). The van der Waals surface area contributed by atoms with Gasteiger partial charge in [0.25, 0.3) is 0 Å². The van der Waals surface area contributed by atoms with Crippen molar-refractivity contribution in [2.75, 3.05) is 6.54 Å². The lowest BCUT2D eigenvalue weighted by Crippen LogP contribution is -2.42. The average molecular weight is 167 g/mol. The van der Waals surface area contributed by atoms with E-state index in [1.807, 2.05) is 0 Å². The SMILES string of the molecule is C#CCN[C@H]1CCC(=O)OC1=O. The third-order valence-electron chi connectivity index (χ3n) is 1.59. The Labute approximate surface area is 70.3 Å². The van der Waals surface area contributed by atoms with Gasteiger partial charge in [0.15, 0.2) is 0 Å². The number of hydrogen-bond acceptors (Lipinski definition) is 4. The number of terminal acetylenes is 1. The van der Waals surface area contributed by atoms with Crippen molar-refractivity contribution >= 4 is 11.9 Å². The Morgan fingerprint density at radius 3 is 3.00 bits per heavy atom. The molecule has 0 aromatic carbocycles. The standard InChI is InChI=1S/C8H9NO3/c1-2-5-9-6-3-4-7(10)12-8(6)11/h1,6,9H,3-5H2/t6-/m0/s1. The van der Waals surface area contributed by atoms with Gasteiger partial charge in [0.05, 0.1) is 6.54 Å². The summed E-state index contributed by atoms with van der Waals surface area (Å²) in [7, 11) is 0. The van der Waals surface area contributed by atoms with Gasteiger partial charge in [-0.05, 0) is 6.42 Å². The zero-order valence-electron chi connectivity index (χ0n) is 6.50. The van der Waals surface area contributed by atoms with E-state index in [-0.39, 0.29) is 6.42 Å². The summed E-state index contributed by atoms with van der Waals surface area (Å²) in [4.78, 5) is 21.5. The van der Waals surface area contributed by atoms with Gasteiger partial charge in [-0.15, -0.1) is 6.42 Å². The van der Waals surface area contributed by atoms with Gasteiger partial charge in [-0.25, -0.2) is 4.79 Å². The molecule has 0 unspecified atom stereocenters. The summed E-state index contributed by atoms with van der Waals surface area (Å²) in [6.07, 6.45) is 5.73. The Kier molecular flexibility index (Phi) is 2.83. The zero-order chi connectivity index (χ0) is 8.97. The molecule has 1 N–H and O–H groups in total. The molecule has 0 aliphatic carbocycles. The molecular weight excluding hydrogens is 158 g/mol. The Hall–Kier alpha value is -1.34. The van der Waals surface area contributed by atoms with E-state index in [9.17, 15) is 9.59 Å². The third-order valence-corrected chi connectivity index (χ3v) is 1.59. The van der Waals surface area contributed by atoms with Crippen LogP contribution in [0.1, 0.15) is 12.8 Å². The molecule has 1 aliphatic rings. The van der Waals surface area contributed by atoms with Crippen molar-refractivity contribution in [3.8, 4) is 12.3 Å². The van der Waals surface area contributed by atoms with Crippen LogP contribution in [0, 0.1) is 12.3 Å². The number of hydrogen-bond donors (Lipinski definition) is 1. The third kappa shape index (κ3) is 2.07. The molecule has 1 heterocycles. The monoisotopic (exact) mass is 167 g/mol. The maximum atomic E-state index is 10.9. The van der Waals surface area contributed by atoms with E-state index in [1.54, 1.807) is 0 Å². The first kappa shape index (κ1) is 8.75. The molecule has 0 bridgehead atoms. The minimum absolute atomic E-state index is 0.272. The maximum Gasteiger partial charge on any atom is 0.330 e. The van der Waals surface area contributed by atoms with E-state index in [2.05, 4.69) is 16.0 Å². The molecule has 12 heavy (non-hydrogen) atoms. The second-order valence-electron chi connectivity index (χ2n) is 2.47. The van der Waals surface area contributed by atoms with Gasteiger partial charge in [-0.1, -0.05) is 5.92 Å². The first-order chi connectivity index (χ1) is 5.74. The molecule has 4 heteroatoms. The van der Waals surface area contributed by atoms with Crippen LogP contribution in [-0.2, 0) is 14.3 Å². The number of rotatable bonds is 2. The molecule has 4 nitrogen and oxygen atoms in total. The summed E-state index contributed by atoms with van der Waals surface area (Å²) >= 11 is 0. The van der Waals surface area contributed by atoms with Gasteiger partial charge in [0.2, 0.25) is 0 Å². The van der Waals surface area contributed by atoms with Gasteiger partial charge in [-0.2, -0.15) is 0 Å². The van der Waals surface area contributed by atoms with Crippen LogP contribution < -0.4 is 5.32 Å². The quantitative estimate of drug-likeness (QED) is 0.340. The van der Waals surface area contributed by atoms with Gasteiger partial charge in [0.1, 0.15) is 6.04 Å². The highest BCUT2D eigenvalue weighted by molar-refractivity contribution is 5.91. The lowest BCUT2D eigenvalue weighted by molar-refractivity contribution is -0.165. The lowest BCUT2D eigenvalue weighted by atomic mass is 10.1. The molecule has 1 fully saturated rings. The van der Waals surface area contributed by atoms with Crippen LogP contribution in [-0.4, -0.2) is 24.5 Å². The lowest BCUT2D eigenvalue weighted by Gasteiger charge is -2.19. The summed E-state index contributed by atoms with van der Waals surface area (Å²) in [6, 6.07) is -0.418. The van der Waals surface area contributed by atoms with Crippen LogP contribution in [0.5, 0.6) is 0 Å². The summed E-state index contributed by atoms with van der Waals surface area (Å²) in [5, 5.41) is 2.78. The van der Waals surface area contributed by atoms with E-state index in [0.717, 1.165) is 0 Å². The van der Waals surface area contributed by atoms with Gasteiger partial charge >= 0.3 is 11.9 Å². The van der Waals surface area contributed by atoms with Crippen molar-refractivity contribution < 1.29 is 14.3 Å². The molecule has 0 spiro atoms. The highest BCUT2D eigenvalue weighted by Crippen LogP contribution is 2.08. The van der Waals surface area contributed by atoms with Gasteiger partial charge < -0.3 is 4.74 Å². The van der Waals surface area contributed by atoms with E-state index < -0.39 is 18.0 Å². The van der Waals surface area contributed by atoms with Crippen LogP contribution in [0.15, 0.2) is 0 Å². The molecule has 0 amide bonds. The van der Waals surface area contributed by atoms with E-state index in [4.69, 9.17) is 6.42 Å². The fourth-order valence-electron chi connectivity index (χ4n) is 0.982. The minimum atomic E-state index is -0.526. The molecule has 0 aromatic rings. The van der Waals surface area contributed by atoms with Crippen molar-refractivity contribution in [2.24, 2.45) is 0 Å². The molecule has 64 valence electrons. The Balaban J connectivity index is 2.41. The average Bonchev–Trinajstić information content (AvgIpc) is 2.03. The van der Waals surface area contributed by atoms with Crippen molar-refractivity contribution in [1.29, 1.82) is 0 Å². The number of cyclic esters (lactones) is 2. The Morgan fingerprint density at radius 1 is 1.67 bits per heavy atom. The van der Waals surface area contributed by atoms with Crippen LogP contribution >= 0.6 is 0 Å². The summed E-state index contributed by atoms with van der Waals surface area (Å²) in [5.41, 5.74) is 0. The molecular formula is C8H9NO3. The zero-order valence-corrected chi connectivity index (χ0v) is 6.50. The fourth-order valence-corrected chi connectivity index (χ4v) is 0.982. The summed E-state index contributed by atoms with van der Waals surface area (Å²) in [6.45, 7) is 0.313. The highest BCUT2D eigenvalue weighted by Gasteiger charge is 2.27. The van der Waals surface area contributed by atoms with E-state index in [0.29, 0.717) is 13.0 Å². The topological polar surface area (TPSA) is 55.4 Å². The van der Waals surface area contributed by atoms with Crippen molar-refractivity contribution in [3.63, 3.8) is 0 Å². The summed E-state index contributed by atoms with van der Waals surface area (Å²) < 4.78 is 4.39. The second-order valence-corrected chi connectivity index (χ2v) is 2.47. The Morgan fingerprint density at radius 2 is 2.42 bits per heavy atom. The summed E-state index contributed by atoms with van der Waals surface area (Å²) in [5.74, 6) is 1.36. The Bertz CT molecular complexity index is 241. The normalized spacial score (nSPS) is 23.1. The molecule has 1 aliphatic heterocycles. The molecule has 1 saturated heterocycles. The van der Waals surface area contributed by atoms with Crippen LogP contribution in [0.4, 0.5) is 0 Å². The first-order valence-electron chi connectivity index (χ1n) is 3.65. The van der Waals surface area contributed by atoms with E-state index >= 15 is 0 Å².